The van der Waals surface area contributed by atoms with Gasteiger partial charge >= 0.3 is 5.97 Å². The molecule has 0 aromatic heterocycles. The van der Waals surface area contributed by atoms with Gasteiger partial charge in [-0.15, -0.1) is 0 Å². The minimum absolute atomic E-state index is 0.0454. The van der Waals surface area contributed by atoms with Gasteiger partial charge in [-0.2, -0.15) is 0 Å². The normalized spacial score (nSPS) is 25.8. The molecule has 2 heterocycles. The fraction of sp³-hybridized carbons (Fsp3) is 0.875. The number of sulfonamides is 1. The van der Waals surface area contributed by atoms with E-state index < -0.39 is 22.1 Å². The summed E-state index contributed by atoms with van der Waals surface area (Å²) in [5.74, 6) is -1.30. The first-order valence-electron chi connectivity index (χ1n) is 8.94. The van der Waals surface area contributed by atoms with Crippen LogP contribution in [-0.4, -0.2) is 78.2 Å². The summed E-state index contributed by atoms with van der Waals surface area (Å²) in [6, 6.07) is -0.267. The Morgan fingerprint density at radius 1 is 1.16 bits per heavy atom. The van der Waals surface area contributed by atoms with Crippen molar-refractivity contribution in [2.45, 2.75) is 64.2 Å². The summed E-state index contributed by atoms with van der Waals surface area (Å²) in [5, 5.41) is 9.18. The molecular formula is C16H28N2O6S. The highest BCUT2D eigenvalue weighted by atomic mass is 32.2. The van der Waals surface area contributed by atoms with Crippen molar-refractivity contribution in [3.8, 4) is 0 Å². The van der Waals surface area contributed by atoms with E-state index in [0.29, 0.717) is 32.4 Å². The van der Waals surface area contributed by atoms with Gasteiger partial charge in [0.15, 0.2) is 0 Å². The van der Waals surface area contributed by atoms with Crippen molar-refractivity contribution in [1.29, 1.82) is 0 Å². The molecule has 0 spiro atoms. The number of hydrogen-bond acceptors (Lipinski definition) is 5. The number of hydrogen-bond donors (Lipinski definition) is 1. The topological polar surface area (TPSA) is 104 Å². The van der Waals surface area contributed by atoms with E-state index in [1.807, 2.05) is 6.92 Å². The van der Waals surface area contributed by atoms with E-state index in [1.165, 1.54) is 9.21 Å². The number of carboxylic acid groups (broad SMARTS) is 1. The van der Waals surface area contributed by atoms with Crippen LogP contribution < -0.4 is 0 Å². The van der Waals surface area contributed by atoms with Gasteiger partial charge in [-0.3, -0.25) is 9.59 Å². The average Bonchev–Trinajstić information content (AvgIpc) is 3.08. The van der Waals surface area contributed by atoms with E-state index in [2.05, 4.69) is 0 Å². The van der Waals surface area contributed by atoms with Gasteiger partial charge in [0.05, 0.1) is 11.9 Å². The lowest BCUT2D eigenvalue weighted by Gasteiger charge is -2.38. The zero-order valence-corrected chi connectivity index (χ0v) is 15.7. The van der Waals surface area contributed by atoms with Crippen LogP contribution in [0.2, 0.25) is 0 Å². The maximum Gasteiger partial charge on any atom is 0.323 e. The van der Waals surface area contributed by atoms with Gasteiger partial charge in [0.1, 0.15) is 12.6 Å². The Kier molecular flexibility index (Phi) is 6.81. The third-order valence-corrected chi connectivity index (χ3v) is 6.93. The molecule has 0 aromatic rings. The Hall–Kier alpha value is -1.19. The first-order chi connectivity index (χ1) is 11.8. The maximum absolute atomic E-state index is 12.8. The summed E-state index contributed by atoms with van der Waals surface area (Å²) < 4.78 is 31.1. The van der Waals surface area contributed by atoms with E-state index in [9.17, 15) is 23.1 Å². The Morgan fingerprint density at radius 2 is 1.80 bits per heavy atom. The number of amides is 1. The molecule has 25 heavy (non-hydrogen) atoms. The predicted octanol–water partition coefficient (Wildman–Crippen LogP) is 0.671. The van der Waals surface area contributed by atoms with Crippen molar-refractivity contribution in [1.82, 2.24) is 9.21 Å². The van der Waals surface area contributed by atoms with Gasteiger partial charge < -0.3 is 14.7 Å². The summed E-state index contributed by atoms with van der Waals surface area (Å²) in [4.78, 5) is 25.4. The number of nitrogens with zero attached hydrogens (tertiary/aromatic N) is 2. The van der Waals surface area contributed by atoms with Crippen molar-refractivity contribution in [2.75, 3.05) is 25.4 Å². The lowest BCUT2D eigenvalue weighted by molar-refractivity contribution is -0.153. The molecule has 2 rings (SSSR count). The minimum Gasteiger partial charge on any atom is -0.480 e. The molecule has 2 fully saturated rings. The molecule has 2 aliphatic heterocycles. The van der Waals surface area contributed by atoms with Crippen LogP contribution in [0.5, 0.6) is 0 Å². The molecule has 2 atom stereocenters. The summed E-state index contributed by atoms with van der Waals surface area (Å²) in [5.41, 5.74) is 0. The van der Waals surface area contributed by atoms with Crippen molar-refractivity contribution >= 4 is 21.9 Å². The second-order valence-electron chi connectivity index (χ2n) is 6.62. The first kappa shape index (κ1) is 20.1. The first-order valence-corrected chi connectivity index (χ1v) is 10.5. The van der Waals surface area contributed by atoms with E-state index in [1.54, 1.807) is 6.92 Å². The predicted molar refractivity (Wildman–Crippen MR) is 91.6 cm³/mol. The molecular weight excluding hydrogens is 348 g/mol. The van der Waals surface area contributed by atoms with Crippen LogP contribution in [0.4, 0.5) is 0 Å². The van der Waals surface area contributed by atoms with Crippen molar-refractivity contribution in [3.63, 3.8) is 0 Å². The van der Waals surface area contributed by atoms with Gasteiger partial charge in [-0.1, -0.05) is 6.92 Å². The molecule has 0 radical (unpaired) electrons. The van der Waals surface area contributed by atoms with Crippen molar-refractivity contribution in [2.24, 2.45) is 0 Å². The number of aliphatic carboxylic acids is 1. The van der Waals surface area contributed by atoms with Gasteiger partial charge in [0.2, 0.25) is 10.0 Å². The Morgan fingerprint density at radius 3 is 2.28 bits per heavy atom. The highest BCUT2D eigenvalue weighted by Crippen LogP contribution is 2.26. The molecule has 0 bridgehead atoms. The van der Waals surface area contributed by atoms with E-state index in [4.69, 9.17) is 4.74 Å². The second kappa shape index (κ2) is 8.46. The Labute approximate surface area is 149 Å². The Bertz CT molecular complexity index is 585. The number of carbonyl (C=O) groups excluding carboxylic acids is 1. The fourth-order valence-electron chi connectivity index (χ4n) is 3.52. The van der Waals surface area contributed by atoms with Crippen LogP contribution >= 0.6 is 0 Å². The summed E-state index contributed by atoms with van der Waals surface area (Å²) in [6.45, 7) is 3.85. The largest absolute Gasteiger partial charge is 0.480 e. The molecule has 1 N–H and O–H groups in total. The van der Waals surface area contributed by atoms with Crippen LogP contribution in [0.3, 0.4) is 0 Å². The highest BCUT2D eigenvalue weighted by Gasteiger charge is 2.38. The van der Waals surface area contributed by atoms with Gasteiger partial charge in [-0.05, 0) is 39.0 Å². The zero-order valence-electron chi connectivity index (χ0n) is 14.9. The highest BCUT2D eigenvalue weighted by molar-refractivity contribution is 7.89. The lowest BCUT2D eigenvalue weighted by atomic mass is 10.0. The van der Waals surface area contributed by atoms with Crippen LogP contribution in [0.15, 0.2) is 0 Å². The molecule has 0 aromatic carbocycles. The minimum atomic E-state index is -3.25. The third kappa shape index (κ3) is 4.92. The smallest absolute Gasteiger partial charge is 0.323 e. The molecule has 1 amide bonds. The molecule has 0 saturated carbocycles. The van der Waals surface area contributed by atoms with E-state index >= 15 is 0 Å². The third-order valence-electron chi connectivity index (χ3n) is 5.05. The fourth-order valence-corrected chi connectivity index (χ4v) is 4.65. The molecule has 2 unspecified atom stereocenters. The van der Waals surface area contributed by atoms with Crippen LogP contribution in [0.1, 0.15) is 46.0 Å². The molecule has 8 nitrogen and oxygen atoms in total. The number of piperidine rings is 1. The number of rotatable bonds is 7. The average molecular weight is 376 g/mol. The van der Waals surface area contributed by atoms with Crippen molar-refractivity contribution in [3.05, 3.63) is 0 Å². The van der Waals surface area contributed by atoms with Crippen LogP contribution in [0, 0.1) is 0 Å². The van der Waals surface area contributed by atoms with E-state index in [-0.39, 0.29) is 30.4 Å². The Balaban J connectivity index is 2.03. The number of ether oxygens (including phenoxy) is 1. The number of carbonyl (C=O) groups is 2. The molecule has 0 aliphatic carbocycles. The quantitative estimate of drug-likeness (QED) is 0.700. The SMILES string of the molecule is CCC1CCC(C(=O)N(CC(=O)O)C2CCN(S(=O)(=O)CC)CC2)O1. The monoisotopic (exact) mass is 376 g/mol. The van der Waals surface area contributed by atoms with Gasteiger partial charge in [0, 0.05) is 19.1 Å². The standard InChI is InChI=1S/C16H28N2O6S/c1-3-13-5-6-14(24-13)16(21)18(11-15(19)20)12-7-9-17(10-8-12)25(22,23)4-2/h12-14H,3-11H2,1-2H3,(H,19,20). The molecule has 144 valence electrons. The van der Waals surface area contributed by atoms with Crippen molar-refractivity contribution < 1.29 is 27.9 Å². The summed E-state index contributed by atoms with van der Waals surface area (Å²) in [7, 11) is -3.25. The maximum atomic E-state index is 12.8. The van der Waals surface area contributed by atoms with Crippen LogP contribution in [0.25, 0.3) is 0 Å². The molecule has 2 saturated heterocycles. The van der Waals surface area contributed by atoms with Gasteiger partial charge in [-0.25, -0.2) is 12.7 Å². The van der Waals surface area contributed by atoms with Gasteiger partial charge in [0.25, 0.3) is 5.91 Å². The lowest BCUT2D eigenvalue weighted by Crippen LogP contribution is -2.52. The summed E-state index contributed by atoms with van der Waals surface area (Å²) in [6.07, 6.45) is 2.61. The zero-order chi connectivity index (χ0) is 18.6. The number of carboxylic acids is 1. The molecule has 9 heteroatoms. The van der Waals surface area contributed by atoms with E-state index in [0.717, 1.165) is 12.8 Å². The van der Waals surface area contributed by atoms with Crippen LogP contribution in [-0.2, 0) is 24.3 Å². The summed E-state index contributed by atoms with van der Waals surface area (Å²) >= 11 is 0. The molecule has 2 aliphatic rings. The second-order valence-corrected chi connectivity index (χ2v) is 8.88.